The van der Waals surface area contributed by atoms with Gasteiger partial charge in [-0.05, 0) is 35.1 Å². The molecular formula is C26H23FN4O4S. The number of nitrogens with one attached hydrogen (secondary N) is 2. The van der Waals surface area contributed by atoms with E-state index in [-0.39, 0.29) is 22.4 Å². The predicted octanol–water partition coefficient (Wildman–Crippen LogP) is 5.31. The van der Waals surface area contributed by atoms with Gasteiger partial charge in [-0.2, -0.15) is 0 Å². The summed E-state index contributed by atoms with van der Waals surface area (Å²) < 4.78 is 14.2. The number of aromatic nitrogens is 2. The molecule has 8 nitrogen and oxygen atoms in total. The number of hydrogen-bond donors (Lipinski definition) is 2. The van der Waals surface area contributed by atoms with Crippen molar-refractivity contribution in [1.82, 2.24) is 9.97 Å². The number of halogens is 1. The minimum Gasteiger partial charge on any atom is -0.343 e. The Balaban J connectivity index is 1.53. The number of rotatable bonds is 5. The van der Waals surface area contributed by atoms with E-state index < -0.39 is 22.2 Å². The fourth-order valence-corrected chi connectivity index (χ4v) is 5.66. The minimum atomic E-state index is -0.722. The lowest BCUT2D eigenvalue weighted by Gasteiger charge is -2.38. The zero-order chi connectivity index (χ0) is 25.6. The highest BCUT2D eigenvalue weighted by Gasteiger charge is 2.42. The van der Waals surface area contributed by atoms with Crippen LogP contribution in [0.4, 0.5) is 15.9 Å². The molecule has 0 bridgehead atoms. The van der Waals surface area contributed by atoms with E-state index >= 15 is 0 Å². The number of aromatic amines is 1. The van der Waals surface area contributed by atoms with Crippen molar-refractivity contribution in [1.29, 1.82) is 0 Å². The molecule has 2 aromatic carbocycles. The first-order valence-electron chi connectivity index (χ1n) is 11.4. The van der Waals surface area contributed by atoms with Crippen molar-refractivity contribution in [2.75, 3.05) is 5.32 Å². The van der Waals surface area contributed by atoms with E-state index in [0.29, 0.717) is 46.4 Å². The highest BCUT2D eigenvalue weighted by molar-refractivity contribution is 7.98. The van der Waals surface area contributed by atoms with E-state index in [4.69, 9.17) is 0 Å². The van der Waals surface area contributed by atoms with Gasteiger partial charge in [-0.3, -0.25) is 19.7 Å². The SMILES string of the molecule is CC1(C)CC(=O)C2=C(C1)Nc1nc(SCc3ccc([N+](=O)[O-])cc3)[nH]c(=O)c1[C@@H]2c1cccc(F)c1. The third-order valence-electron chi connectivity index (χ3n) is 6.40. The van der Waals surface area contributed by atoms with E-state index in [0.717, 1.165) is 5.56 Å². The van der Waals surface area contributed by atoms with Crippen LogP contribution in [0.5, 0.6) is 0 Å². The number of carbonyl (C=O) groups is 1. The number of Topliss-reactive ketones (excluding diaryl/α,β-unsaturated/α-hetero) is 1. The van der Waals surface area contributed by atoms with Crippen LogP contribution in [0.3, 0.4) is 0 Å². The van der Waals surface area contributed by atoms with Crippen LogP contribution in [0.2, 0.25) is 0 Å². The smallest absolute Gasteiger partial charge is 0.269 e. The Hall–Kier alpha value is -3.79. The molecule has 0 spiro atoms. The Bertz CT molecular complexity index is 1480. The molecule has 184 valence electrons. The highest BCUT2D eigenvalue weighted by Crippen LogP contribution is 2.47. The summed E-state index contributed by atoms with van der Waals surface area (Å²) in [6.45, 7) is 4.03. The minimum absolute atomic E-state index is 0.00526. The van der Waals surface area contributed by atoms with Crippen molar-refractivity contribution in [3.8, 4) is 0 Å². The van der Waals surface area contributed by atoms with E-state index in [1.807, 2.05) is 13.8 Å². The number of carbonyl (C=O) groups excluding carboxylic acids is 1. The zero-order valence-electron chi connectivity index (χ0n) is 19.6. The van der Waals surface area contributed by atoms with Crippen molar-refractivity contribution < 1.29 is 14.1 Å². The Morgan fingerprint density at radius 2 is 1.92 bits per heavy atom. The van der Waals surface area contributed by atoms with Gasteiger partial charge in [-0.1, -0.05) is 49.9 Å². The molecule has 2 N–H and O–H groups in total. The van der Waals surface area contributed by atoms with Crippen molar-refractivity contribution in [2.24, 2.45) is 5.41 Å². The third kappa shape index (κ3) is 4.56. The van der Waals surface area contributed by atoms with Gasteiger partial charge in [0, 0.05) is 41.5 Å². The number of nitrogens with zero attached hydrogens (tertiary/aromatic N) is 2. The second-order valence-electron chi connectivity index (χ2n) is 9.79. The van der Waals surface area contributed by atoms with Crippen LogP contribution in [0.25, 0.3) is 0 Å². The molecule has 2 heterocycles. The van der Waals surface area contributed by atoms with Crippen LogP contribution in [0.15, 0.2) is 69.8 Å². The van der Waals surface area contributed by atoms with E-state index in [2.05, 4.69) is 15.3 Å². The number of nitro groups is 1. The highest BCUT2D eigenvalue weighted by atomic mass is 32.2. The summed E-state index contributed by atoms with van der Waals surface area (Å²) in [5.41, 5.74) is 2.18. The number of hydrogen-bond acceptors (Lipinski definition) is 7. The van der Waals surface area contributed by atoms with Crippen molar-refractivity contribution >= 4 is 29.1 Å². The second-order valence-corrected chi connectivity index (χ2v) is 10.8. The molecule has 5 rings (SSSR count). The van der Waals surface area contributed by atoms with Gasteiger partial charge in [-0.25, -0.2) is 9.37 Å². The predicted molar refractivity (Wildman–Crippen MR) is 134 cm³/mol. The summed E-state index contributed by atoms with van der Waals surface area (Å²) in [5, 5.41) is 14.5. The van der Waals surface area contributed by atoms with Crippen LogP contribution in [-0.4, -0.2) is 20.7 Å². The van der Waals surface area contributed by atoms with E-state index in [9.17, 15) is 24.1 Å². The fourth-order valence-electron chi connectivity index (χ4n) is 4.85. The molecule has 3 aromatic rings. The number of benzene rings is 2. The van der Waals surface area contributed by atoms with Gasteiger partial charge in [0.1, 0.15) is 11.6 Å². The Morgan fingerprint density at radius 1 is 1.17 bits per heavy atom. The van der Waals surface area contributed by atoms with Crippen LogP contribution in [0, 0.1) is 21.3 Å². The standard InChI is InChI=1S/C26H23FN4O4S/c1-26(2)11-18-21(19(32)12-26)20(15-4-3-5-16(27)10-15)22-23(28-18)29-25(30-24(22)33)36-13-14-6-8-17(9-7-14)31(34)35/h3-10,20H,11-13H2,1-2H3,(H2,28,29,30,33)/t20-/m1/s1. The average molecular weight is 507 g/mol. The number of fused-ring (bicyclic) bond motifs is 1. The Morgan fingerprint density at radius 3 is 2.61 bits per heavy atom. The van der Waals surface area contributed by atoms with Gasteiger partial charge in [0.2, 0.25) is 0 Å². The molecule has 1 atom stereocenters. The molecule has 0 amide bonds. The van der Waals surface area contributed by atoms with Gasteiger partial charge < -0.3 is 10.3 Å². The molecule has 36 heavy (non-hydrogen) atoms. The van der Waals surface area contributed by atoms with Gasteiger partial charge in [0.25, 0.3) is 11.2 Å². The molecule has 0 radical (unpaired) electrons. The maximum absolute atomic E-state index is 14.2. The van der Waals surface area contributed by atoms with Gasteiger partial charge >= 0.3 is 0 Å². The van der Waals surface area contributed by atoms with Crippen LogP contribution in [0.1, 0.15) is 49.3 Å². The van der Waals surface area contributed by atoms with Crippen LogP contribution in [-0.2, 0) is 10.5 Å². The van der Waals surface area contributed by atoms with Gasteiger partial charge in [0.05, 0.1) is 10.5 Å². The lowest BCUT2D eigenvalue weighted by molar-refractivity contribution is -0.384. The van der Waals surface area contributed by atoms with Crippen LogP contribution < -0.4 is 10.9 Å². The number of nitro benzene ring substituents is 1. The maximum atomic E-state index is 14.2. The number of non-ortho nitro benzene ring substituents is 1. The van der Waals surface area contributed by atoms with Crippen molar-refractivity contribution in [3.05, 3.63) is 103 Å². The molecule has 10 heteroatoms. The summed E-state index contributed by atoms with van der Waals surface area (Å²) in [7, 11) is 0. The van der Waals surface area contributed by atoms with Gasteiger partial charge in [0.15, 0.2) is 10.9 Å². The maximum Gasteiger partial charge on any atom is 0.269 e. The second kappa shape index (κ2) is 9.02. The third-order valence-corrected chi connectivity index (χ3v) is 7.35. The van der Waals surface area contributed by atoms with E-state index in [1.54, 1.807) is 24.3 Å². The molecule has 1 aliphatic carbocycles. The molecular weight excluding hydrogens is 483 g/mol. The fraction of sp³-hybridized carbons (Fsp3) is 0.269. The quantitative estimate of drug-likeness (QED) is 0.208. The topological polar surface area (TPSA) is 118 Å². The Labute approximate surface area is 210 Å². The molecule has 1 aromatic heterocycles. The summed E-state index contributed by atoms with van der Waals surface area (Å²) in [5.74, 6) is -0.446. The number of allylic oxidation sites excluding steroid dienone is 2. The van der Waals surface area contributed by atoms with Crippen molar-refractivity contribution in [3.63, 3.8) is 0 Å². The first-order valence-corrected chi connectivity index (χ1v) is 12.4. The normalized spacial score (nSPS) is 18.3. The lowest BCUT2D eigenvalue weighted by atomic mass is 9.69. The molecule has 0 unspecified atom stereocenters. The van der Waals surface area contributed by atoms with E-state index in [1.165, 1.54) is 36.0 Å². The average Bonchev–Trinajstić information content (AvgIpc) is 2.81. The molecule has 2 aliphatic rings. The molecule has 0 saturated heterocycles. The molecule has 0 fully saturated rings. The summed E-state index contributed by atoms with van der Waals surface area (Å²) in [6.07, 6.45) is 0.933. The summed E-state index contributed by atoms with van der Waals surface area (Å²) in [4.78, 5) is 44.5. The number of H-pyrrole nitrogens is 1. The zero-order valence-corrected chi connectivity index (χ0v) is 20.4. The number of thioether (sulfide) groups is 1. The first kappa shape index (κ1) is 23.9. The first-order chi connectivity index (χ1) is 17.1. The number of anilines is 1. The lowest BCUT2D eigenvalue weighted by Crippen LogP contribution is -2.37. The van der Waals surface area contributed by atoms with Gasteiger partial charge in [-0.15, -0.1) is 0 Å². The molecule has 0 saturated carbocycles. The monoisotopic (exact) mass is 506 g/mol. The Kier molecular flexibility index (Phi) is 5.99. The number of ketones is 1. The largest absolute Gasteiger partial charge is 0.343 e. The molecule has 1 aliphatic heterocycles. The summed E-state index contributed by atoms with van der Waals surface area (Å²) in [6, 6.07) is 12.2. The van der Waals surface area contributed by atoms with Crippen LogP contribution >= 0.6 is 11.8 Å². The summed E-state index contributed by atoms with van der Waals surface area (Å²) >= 11 is 1.28. The van der Waals surface area contributed by atoms with Crippen molar-refractivity contribution in [2.45, 2.75) is 43.5 Å².